The number of oxime groups is 1. The van der Waals surface area contributed by atoms with Crippen LogP contribution in [-0.2, 0) is 4.84 Å². The highest BCUT2D eigenvalue weighted by molar-refractivity contribution is 6.00. The van der Waals surface area contributed by atoms with Crippen molar-refractivity contribution >= 4 is 11.6 Å². The molecular formula is C20H22N2O3. The first-order chi connectivity index (χ1) is 12.2. The lowest BCUT2D eigenvalue weighted by atomic mass is 10.0. The Morgan fingerprint density at radius 2 is 1.84 bits per heavy atom. The third-order valence-electron chi connectivity index (χ3n) is 4.45. The van der Waals surface area contributed by atoms with Crippen molar-refractivity contribution in [1.29, 1.82) is 0 Å². The summed E-state index contributed by atoms with van der Waals surface area (Å²) in [5, 5.41) is 13.2. The van der Waals surface area contributed by atoms with Gasteiger partial charge in [0.25, 0.3) is 5.91 Å². The van der Waals surface area contributed by atoms with Crippen molar-refractivity contribution in [3.8, 4) is 11.1 Å². The molecule has 0 aromatic heterocycles. The topological polar surface area (TPSA) is 62.1 Å². The van der Waals surface area contributed by atoms with Crippen LogP contribution in [0.25, 0.3) is 11.1 Å². The van der Waals surface area contributed by atoms with Gasteiger partial charge in [-0.2, -0.15) is 0 Å². The van der Waals surface area contributed by atoms with E-state index < -0.39 is 0 Å². The van der Waals surface area contributed by atoms with Crippen LogP contribution in [-0.4, -0.2) is 47.9 Å². The summed E-state index contributed by atoms with van der Waals surface area (Å²) in [4.78, 5) is 19.5. The molecule has 1 saturated heterocycles. The van der Waals surface area contributed by atoms with Crippen LogP contribution in [0.5, 0.6) is 0 Å². The van der Waals surface area contributed by atoms with Crippen molar-refractivity contribution in [3.63, 3.8) is 0 Å². The van der Waals surface area contributed by atoms with E-state index in [4.69, 9.17) is 4.84 Å². The Bertz CT molecular complexity index is 741. The minimum atomic E-state index is -0.0423. The molecule has 3 rings (SSSR count). The molecule has 25 heavy (non-hydrogen) atoms. The van der Waals surface area contributed by atoms with Gasteiger partial charge in [-0.3, -0.25) is 4.79 Å². The third-order valence-corrected chi connectivity index (χ3v) is 4.45. The first-order valence-corrected chi connectivity index (χ1v) is 8.39. The van der Waals surface area contributed by atoms with Crippen LogP contribution in [0.2, 0.25) is 0 Å². The lowest BCUT2D eigenvalue weighted by Gasteiger charge is -2.23. The first-order valence-electron chi connectivity index (χ1n) is 8.39. The summed E-state index contributed by atoms with van der Waals surface area (Å²) in [6.45, 7) is 0.486. The Morgan fingerprint density at radius 1 is 1.16 bits per heavy atom. The maximum absolute atomic E-state index is 12.9. The van der Waals surface area contributed by atoms with E-state index in [0.29, 0.717) is 24.9 Å². The van der Waals surface area contributed by atoms with Crippen LogP contribution >= 0.6 is 0 Å². The van der Waals surface area contributed by atoms with E-state index in [1.54, 1.807) is 4.90 Å². The molecule has 5 heteroatoms. The Kier molecular flexibility index (Phi) is 5.46. The average Bonchev–Trinajstić information content (AvgIpc) is 3.05. The maximum Gasteiger partial charge on any atom is 0.254 e. The monoisotopic (exact) mass is 338 g/mol. The molecule has 1 aliphatic heterocycles. The second kappa shape index (κ2) is 7.94. The first kappa shape index (κ1) is 17.2. The molecule has 0 bridgehead atoms. The molecule has 130 valence electrons. The van der Waals surface area contributed by atoms with Gasteiger partial charge in [0.05, 0.1) is 12.3 Å². The van der Waals surface area contributed by atoms with Crippen molar-refractivity contribution < 1.29 is 14.7 Å². The standard InChI is InChI=1S/C20H22N2O3/c1-25-21-18-13-19(11-12-23)22(14-18)20(24)17-9-7-16(8-10-17)15-5-3-2-4-6-15/h2-10,19,23H,11-14H2,1H3/t19-/m1/s1. The van der Waals surface area contributed by atoms with Gasteiger partial charge in [-0.05, 0) is 29.7 Å². The van der Waals surface area contributed by atoms with Crippen molar-refractivity contribution in [1.82, 2.24) is 4.90 Å². The minimum Gasteiger partial charge on any atom is -0.399 e. The number of hydrogen-bond acceptors (Lipinski definition) is 4. The van der Waals surface area contributed by atoms with Crippen molar-refractivity contribution in [2.24, 2.45) is 5.16 Å². The number of hydrogen-bond donors (Lipinski definition) is 1. The smallest absolute Gasteiger partial charge is 0.254 e. The molecule has 0 spiro atoms. The summed E-state index contributed by atoms with van der Waals surface area (Å²) >= 11 is 0. The molecule has 0 radical (unpaired) electrons. The molecule has 1 aliphatic rings. The Morgan fingerprint density at radius 3 is 2.48 bits per heavy atom. The van der Waals surface area contributed by atoms with Crippen molar-refractivity contribution in [2.45, 2.75) is 18.9 Å². The number of carbonyl (C=O) groups excluding carboxylic acids is 1. The Labute approximate surface area is 147 Å². The van der Waals surface area contributed by atoms with E-state index in [9.17, 15) is 9.90 Å². The summed E-state index contributed by atoms with van der Waals surface area (Å²) in [5.41, 5.74) is 3.67. The predicted molar refractivity (Wildman–Crippen MR) is 97.5 cm³/mol. The van der Waals surface area contributed by atoms with E-state index in [0.717, 1.165) is 16.8 Å². The zero-order chi connectivity index (χ0) is 17.6. The zero-order valence-electron chi connectivity index (χ0n) is 14.3. The van der Waals surface area contributed by atoms with E-state index in [-0.39, 0.29) is 18.6 Å². The average molecular weight is 338 g/mol. The highest BCUT2D eigenvalue weighted by Crippen LogP contribution is 2.24. The molecule has 1 amide bonds. The zero-order valence-corrected chi connectivity index (χ0v) is 14.3. The maximum atomic E-state index is 12.9. The molecule has 1 N–H and O–H groups in total. The number of carbonyl (C=O) groups is 1. The number of amides is 1. The van der Waals surface area contributed by atoms with E-state index in [1.807, 2.05) is 54.6 Å². The number of benzene rings is 2. The molecular weight excluding hydrogens is 316 g/mol. The van der Waals surface area contributed by atoms with Gasteiger partial charge in [-0.1, -0.05) is 47.6 Å². The molecule has 0 saturated carbocycles. The van der Waals surface area contributed by atoms with Gasteiger partial charge in [0, 0.05) is 24.6 Å². The van der Waals surface area contributed by atoms with Crippen LogP contribution in [0.15, 0.2) is 59.8 Å². The molecule has 0 unspecified atom stereocenters. The van der Waals surface area contributed by atoms with Gasteiger partial charge >= 0.3 is 0 Å². The fourth-order valence-electron chi connectivity index (χ4n) is 3.21. The van der Waals surface area contributed by atoms with Crippen molar-refractivity contribution in [3.05, 3.63) is 60.2 Å². The highest BCUT2D eigenvalue weighted by Gasteiger charge is 2.33. The SMILES string of the molecule is CON=C1C[C@@H](CCO)N(C(=O)c2ccc(-c3ccccc3)cc2)C1. The summed E-state index contributed by atoms with van der Waals surface area (Å²) in [6.07, 6.45) is 1.18. The minimum absolute atomic E-state index is 0.0415. The Balaban J connectivity index is 1.78. The molecule has 1 atom stereocenters. The van der Waals surface area contributed by atoms with Gasteiger partial charge < -0.3 is 14.8 Å². The van der Waals surface area contributed by atoms with Gasteiger partial charge in [0.2, 0.25) is 0 Å². The van der Waals surface area contributed by atoms with Crippen molar-refractivity contribution in [2.75, 3.05) is 20.3 Å². The normalized spacial score (nSPS) is 18.6. The number of nitrogens with zero attached hydrogens (tertiary/aromatic N) is 2. The molecule has 2 aromatic rings. The highest BCUT2D eigenvalue weighted by atomic mass is 16.6. The molecule has 1 fully saturated rings. The van der Waals surface area contributed by atoms with Crippen LogP contribution < -0.4 is 0 Å². The second-order valence-corrected chi connectivity index (χ2v) is 6.09. The second-order valence-electron chi connectivity index (χ2n) is 6.09. The molecule has 1 heterocycles. The number of aliphatic hydroxyl groups excluding tert-OH is 1. The number of aliphatic hydroxyl groups is 1. The van der Waals surface area contributed by atoms with Crippen LogP contribution in [0.3, 0.4) is 0 Å². The van der Waals surface area contributed by atoms with Gasteiger partial charge in [0.1, 0.15) is 7.11 Å². The summed E-state index contributed by atoms with van der Waals surface area (Å²) in [7, 11) is 1.50. The quantitative estimate of drug-likeness (QED) is 0.853. The van der Waals surface area contributed by atoms with Gasteiger partial charge in [0.15, 0.2) is 0 Å². The van der Waals surface area contributed by atoms with Gasteiger partial charge in [-0.25, -0.2) is 0 Å². The summed E-state index contributed by atoms with van der Waals surface area (Å²) in [5.74, 6) is -0.0423. The molecule has 2 aromatic carbocycles. The summed E-state index contributed by atoms with van der Waals surface area (Å²) < 4.78 is 0. The van der Waals surface area contributed by atoms with Gasteiger partial charge in [-0.15, -0.1) is 0 Å². The fourth-order valence-corrected chi connectivity index (χ4v) is 3.21. The third kappa shape index (κ3) is 3.88. The lowest BCUT2D eigenvalue weighted by molar-refractivity contribution is 0.0720. The van der Waals surface area contributed by atoms with Crippen LogP contribution in [0.4, 0.5) is 0 Å². The lowest BCUT2D eigenvalue weighted by Crippen LogP contribution is -2.36. The van der Waals surface area contributed by atoms with Crippen LogP contribution in [0, 0.1) is 0 Å². The predicted octanol–water partition coefficient (Wildman–Crippen LogP) is 2.95. The molecule has 0 aliphatic carbocycles. The Hall–Kier alpha value is -2.66. The number of rotatable bonds is 5. The van der Waals surface area contributed by atoms with Crippen LogP contribution in [0.1, 0.15) is 23.2 Å². The van der Waals surface area contributed by atoms with E-state index in [2.05, 4.69) is 5.16 Å². The van der Waals surface area contributed by atoms with E-state index in [1.165, 1.54) is 7.11 Å². The largest absolute Gasteiger partial charge is 0.399 e. The molecule has 5 nitrogen and oxygen atoms in total. The number of likely N-dealkylation sites (tertiary alicyclic amines) is 1. The summed E-state index contributed by atoms with van der Waals surface area (Å²) in [6, 6.07) is 17.6. The van der Waals surface area contributed by atoms with E-state index >= 15 is 0 Å². The fraction of sp³-hybridized carbons (Fsp3) is 0.300.